The number of rotatable bonds is 8. The average Bonchev–Trinajstić information content (AvgIpc) is 2.99. The molecule has 1 aromatic heterocycles. The van der Waals surface area contributed by atoms with Gasteiger partial charge in [-0.25, -0.2) is 0 Å². The Bertz CT molecular complexity index is 698. The molecule has 0 unspecified atom stereocenters. The van der Waals surface area contributed by atoms with Crippen LogP contribution >= 0.6 is 0 Å². The van der Waals surface area contributed by atoms with Crippen LogP contribution in [-0.4, -0.2) is 30.0 Å². The van der Waals surface area contributed by atoms with Gasteiger partial charge in [-0.3, -0.25) is 9.78 Å². The summed E-state index contributed by atoms with van der Waals surface area (Å²) in [5, 5.41) is 6.56. The van der Waals surface area contributed by atoms with Crippen LogP contribution in [0.5, 0.6) is 5.75 Å². The van der Waals surface area contributed by atoms with Crippen molar-refractivity contribution in [3.63, 3.8) is 0 Å². The monoisotopic (exact) mass is 367 g/mol. The summed E-state index contributed by atoms with van der Waals surface area (Å²) in [5.74, 6) is 0.618. The Kier molecular flexibility index (Phi) is 7.66. The highest BCUT2D eigenvalue weighted by molar-refractivity contribution is 5.94. The maximum atomic E-state index is 12.4. The maximum Gasteiger partial charge on any atom is 0.251 e. The van der Waals surface area contributed by atoms with Crippen LogP contribution in [0.3, 0.4) is 0 Å². The number of aromatic nitrogens is 1. The first-order valence-electron chi connectivity index (χ1n) is 9.94. The van der Waals surface area contributed by atoms with Crippen molar-refractivity contribution < 1.29 is 9.53 Å². The van der Waals surface area contributed by atoms with Crippen molar-refractivity contribution in [2.45, 2.75) is 51.2 Å². The summed E-state index contributed by atoms with van der Waals surface area (Å²) in [7, 11) is 0. The number of ether oxygens (including phenoxy) is 1. The summed E-state index contributed by atoms with van der Waals surface area (Å²) in [6.45, 7) is 1.88. The van der Waals surface area contributed by atoms with E-state index in [1.165, 1.54) is 38.5 Å². The molecule has 0 bridgehead atoms. The lowest BCUT2D eigenvalue weighted by Crippen LogP contribution is -2.36. The molecular weight excluding hydrogens is 338 g/mol. The van der Waals surface area contributed by atoms with E-state index in [1.807, 2.05) is 30.3 Å². The number of pyridine rings is 1. The summed E-state index contributed by atoms with van der Waals surface area (Å²) in [6, 6.07) is 11.7. The molecular formula is C22H29N3O2. The second-order valence-corrected chi connectivity index (χ2v) is 7.08. The van der Waals surface area contributed by atoms with E-state index in [0.29, 0.717) is 30.5 Å². The molecule has 2 aromatic rings. The largest absolute Gasteiger partial charge is 0.489 e. The number of nitrogens with one attached hydrogen (secondary N) is 2. The van der Waals surface area contributed by atoms with Crippen LogP contribution in [0.2, 0.25) is 0 Å². The Morgan fingerprint density at radius 3 is 2.70 bits per heavy atom. The van der Waals surface area contributed by atoms with Gasteiger partial charge < -0.3 is 15.4 Å². The molecule has 27 heavy (non-hydrogen) atoms. The minimum atomic E-state index is -0.0653. The van der Waals surface area contributed by atoms with Crippen molar-refractivity contribution in [2.75, 3.05) is 13.1 Å². The van der Waals surface area contributed by atoms with Crippen molar-refractivity contribution in [3.8, 4) is 5.75 Å². The molecule has 0 spiro atoms. The first-order valence-corrected chi connectivity index (χ1v) is 9.94. The van der Waals surface area contributed by atoms with E-state index in [2.05, 4.69) is 15.6 Å². The zero-order valence-electron chi connectivity index (χ0n) is 15.8. The molecule has 144 valence electrons. The van der Waals surface area contributed by atoms with Crippen molar-refractivity contribution in [2.24, 2.45) is 0 Å². The Labute approximate surface area is 161 Å². The van der Waals surface area contributed by atoms with E-state index in [1.54, 1.807) is 18.5 Å². The highest BCUT2D eigenvalue weighted by Crippen LogP contribution is 2.17. The Balaban J connectivity index is 1.41. The number of amides is 1. The highest BCUT2D eigenvalue weighted by Gasteiger charge is 2.11. The number of carbonyl (C=O) groups excluding carboxylic acids is 1. The van der Waals surface area contributed by atoms with Gasteiger partial charge in [-0.15, -0.1) is 0 Å². The van der Waals surface area contributed by atoms with Crippen LogP contribution < -0.4 is 15.4 Å². The third-order valence-electron chi connectivity index (χ3n) is 4.92. The lowest BCUT2D eigenvalue weighted by Gasteiger charge is -2.16. The second-order valence-electron chi connectivity index (χ2n) is 7.08. The van der Waals surface area contributed by atoms with Crippen LogP contribution in [-0.2, 0) is 6.61 Å². The zero-order valence-corrected chi connectivity index (χ0v) is 15.8. The van der Waals surface area contributed by atoms with Gasteiger partial charge in [0.1, 0.15) is 12.4 Å². The fraction of sp³-hybridized carbons (Fsp3) is 0.455. The summed E-state index contributed by atoms with van der Waals surface area (Å²) in [4.78, 5) is 16.4. The third-order valence-corrected chi connectivity index (χ3v) is 4.92. The average molecular weight is 367 g/mol. The molecule has 1 aromatic carbocycles. The predicted molar refractivity (Wildman–Crippen MR) is 107 cm³/mol. The van der Waals surface area contributed by atoms with Gasteiger partial charge >= 0.3 is 0 Å². The first-order chi connectivity index (χ1) is 13.3. The number of hydrogen-bond acceptors (Lipinski definition) is 4. The molecule has 1 amide bonds. The fourth-order valence-electron chi connectivity index (χ4n) is 3.42. The lowest BCUT2D eigenvalue weighted by atomic mass is 10.1. The number of benzene rings is 1. The van der Waals surface area contributed by atoms with Crippen LogP contribution in [0.4, 0.5) is 0 Å². The summed E-state index contributed by atoms with van der Waals surface area (Å²) < 4.78 is 5.77. The molecule has 5 heteroatoms. The number of carbonyl (C=O) groups is 1. The minimum Gasteiger partial charge on any atom is -0.489 e. The third kappa shape index (κ3) is 6.68. The lowest BCUT2D eigenvalue weighted by molar-refractivity contribution is 0.0953. The van der Waals surface area contributed by atoms with Crippen molar-refractivity contribution in [1.29, 1.82) is 0 Å². The number of hydrogen-bond donors (Lipinski definition) is 2. The summed E-state index contributed by atoms with van der Waals surface area (Å²) in [5.41, 5.74) is 1.62. The molecule has 1 saturated carbocycles. The van der Waals surface area contributed by atoms with Gasteiger partial charge in [-0.05, 0) is 37.1 Å². The molecule has 2 N–H and O–H groups in total. The van der Waals surface area contributed by atoms with Gasteiger partial charge in [-0.1, -0.05) is 37.8 Å². The normalized spacial score (nSPS) is 15.1. The summed E-state index contributed by atoms with van der Waals surface area (Å²) >= 11 is 0. The molecule has 1 heterocycles. The Morgan fingerprint density at radius 1 is 1.07 bits per heavy atom. The van der Waals surface area contributed by atoms with Crippen LogP contribution in [0.25, 0.3) is 0 Å². The molecule has 0 aliphatic heterocycles. The molecule has 0 saturated heterocycles. The van der Waals surface area contributed by atoms with E-state index >= 15 is 0 Å². The van der Waals surface area contributed by atoms with Gasteiger partial charge in [0.2, 0.25) is 0 Å². The van der Waals surface area contributed by atoms with Gasteiger partial charge in [-0.2, -0.15) is 0 Å². The molecule has 5 nitrogen and oxygen atoms in total. The molecule has 0 radical (unpaired) electrons. The van der Waals surface area contributed by atoms with Gasteiger partial charge in [0.15, 0.2) is 0 Å². The number of nitrogens with zero attached hydrogens (tertiary/aromatic N) is 1. The van der Waals surface area contributed by atoms with Gasteiger partial charge in [0.25, 0.3) is 5.91 Å². The van der Waals surface area contributed by atoms with Gasteiger partial charge in [0.05, 0.1) is 0 Å². The molecule has 1 aliphatic rings. The van der Waals surface area contributed by atoms with E-state index in [9.17, 15) is 4.79 Å². The minimum absolute atomic E-state index is 0.0653. The molecule has 0 atom stereocenters. The van der Waals surface area contributed by atoms with Crippen LogP contribution in [0.15, 0.2) is 48.8 Å². The van der Waals surface area contributed by atoms with Crippen molar-refractivity contribution in [1.82, 2.24) is 15.6 Å². The van der Waals surface area contributed by atoms with Crippen molar-refractivity contribution >= 4 is 5.91 Å². The standard InChI is InChI=1S/C22H29N3O2/c26-22(25-14-13-24-20-9-3-1-2-4-10-20)19-8-5-11-21(15-19)27-17-18-7-6-12-23-16-18/h5-8,11-12,15-16,20,24H,1-4,9-10,13-14,17H2,(H,25,26). The van der Waals surface area contributed by atoms with Gasteiger partial charge in [0, 0.05) is 42.7 Å². The second kappa shape index (κ2) is 10.7. The van der Waals surface area contributed by atoms with Crippen LogP contribution in [0.1, 0.15) is 54.4 Å². The van der Waals surface area contributed by atoms with Crippen LogP contribution in [0, 0.1) is 0 Å². The van der Waals surface area contributed by atoms with Crippen molar-refractivity contribution in [3.05, 3.63) is 59.9 Å². The smallest absolute Gasteiger partial charge is 0.251 e. The van der Waals surface area contributed by atoms with E-state index in [4.69, 9.17) is 4.74 Å². The Hall–Kier alpha value is -2.40. The van der Waals surface area contributed by atoms with E-state index < -0.39 is 0 Å². The molecule has 3 rings (SSSR count). The molecule has 1 aliphatic carbocycles. The predicted octanol–water partition coefficient (Wildman–Crippen LogP) is 3.70. The van der Waals surface area contributed by atoms with E-state index in [0.717, 1.165) is 12.1 Å². The topological polar surface area (TPSA) is 63.2 Å². The zero-order chi connectivity index (χ0) is 18.7. The van der Waals surface area contributed by atoms with E-state index in [-0.39, 0.29) is 5.91 Å². The Morgan fingerprint density at radius 2 is 1.93 bits per heavy atom. The first kappa shape index (κ1) is 19.4. The highest BCUT2D eigenvalue weighted by atomic mass is 16.5. The summed E-state index contributed by atoms with van der Waals surface area (Å²) in [6.07, 6.45) is 11.4. The quantitative estimate of drug-likeness (QED) is 0.552. The SMILES string of the molecule is O=C(NCCNC1CCCCCC1)c1cccc(OCc2cccnc2)c1. The fourth-order valence-corrected chi connectivity index (χ4v) is 3.42. The maximum absolute atomic E-state index is 12.4. The molecule has 1 fully saturated rings.